The van der Waals surface area contributed by atoms with Crippen molar-refractivity contribution in [2.75, 3.05) is 0 Å². The van der Waals surface area contributed by atoms with E-state index >= 15 is 0 Å². The first-order valence-corrected chi connectivity index (χ1v) is 9.48. The summed E-state index contributed by atoms with van der Waals surface area (Å²) in [6.07, 6.45) is 0.461. The van der Waals surface area contributed by atoms with Crippen LogP contribution in [0.3, 0.4) is 0 Å². The van der Waals surface area contributed by atoms with E-state index in [4.69, 9.17) is 4.43 Å². The zero-order valence-electron chi connectivity index (χ0n) is 12.0. The van der Waals surface area contributed by atoms with E-state index in [1.165, 1.54) is 6.92 Å². The molecule has 1 atom stereocenters. The topological polar surface area (TPSA) is 72.5 Å². The molecule has 0 saturated heterocycles. The molecule has 0 aliphatic rings. The van der Waals surface area contributed by atoms with E-state index < -0.39 is 32.0 Å². The molecule has 0 bridgehead atoms. The Morgan fingerprint density at radius 2 is 1.67 bits per heavy atom. The molecule has 0 heterocycles. The van der Waals surface area contributed by atoms with Crippen LogP contribution in [0.5, 0.6) is 0 Å². The van der Waals surface area contributed by atoms with E-state index in [1.54, 1.807) is 0 Å². The van der Waals surface area contributed by atoms with E-state index in [9.17, 15) is 14.4 Å². The highest BCUT2D eigenvalue weighted by molar-refractivity contribution is 6.71. The second-order valence-electron chi connectivity index (χ2n) is 5.75. The number of ketones is 1. The molecule has 0 fully saturated rings. The molecule has 104 valence electrons. The summed E-state index contributed by atoms with van der Waals surface area (Å²) in [5.74, 6) is -1.58. The first-order chi connectivity index (χ1) is 8.03. The van der Waals surface area contributed by atoms with Crippen LogP contribution >= 0.6 is 0 Å². The zero-order valence-corrected chi connectivity index (χ0v) is 13.0. The number of rotatable bonds is 6. The first-order valence-electron chi connectivity index (χ1n) is 6.07. The maximum absolute atomic E-state index is 11.9. The smallest absolute Gasteiger partial charge is 0.315 e. The predicted octanol–water partition coefficient (Wildman–Crippen LogP) is 1.48. The average molecular weight is 273 g/mol. The molecule has 0 aromatic carbocycles. The van der Waals surface area contributed by atoms with Gasteiger partial charge >= 0.3 is 5.97 Å². The minimum Gasteiger partial charge on any atom is -0.518 e. The Hall–Kier alpha value is -1.17. The van der Waals surface area contributed by atoms with Crippen molar-refractivity contribution >= 4 is 26.0 Å². The van der Waals surface area contributed by atoms with Gasteiger partial charge in [-0.15, -0.1) is 0 Å². The molecule has 1 amide bonds. The van der Waals surface area contributed by atoms with Gasteiger partial charge in [0, 0.05) is 6.92 Å². The third-order valence-electron chi connectivity index (χ3n) is 2.02. The van der Waals surface area contributed by atoms with Crippen LogP contribution in [0.4, 0.5) is 0 Å². The lowest BCUT2D eigenvalue weighted by atomic mass is 10.0. The van der Waals surface area contributed by atoms with Crippen LogP contribution in [0.1, 0.15) is 27.2 Å². The molecule has 18 heavy (non-hydrogen) atoms. The zero-order chi connectivity index (χ0) is 14.5. The van der Waals surface area contributed by atoms with Gasteiger partial charge in [0.25, 0.3) is 5.91 Å². The average Bonchev–Trinajstić information content (AvgIpc) is 2.12. The molecule has 0 radical (unpaired) electrons. The molecular weight excluding hydrogens is 250 g/mol. The van der Waals surface area contributed by atoms with Crippen molar-refractivity contribution in [3.05, 3.63) is 0 Å². The lowest BCUT2D eigenvalue weighted by Crippen LogP contribution is -2.47. The van der Waals surface area contributed by atoms with Gasteiger partial charge < -0.3 is 9.74 Å². The van der Waals surface area contributed by atoms with E-state index in [1.807, 2.05) is 33.5 Å². The molecule has 6 heteroatoms. The number of amides is 1. The lowest BCUT2D eigenvalue weighted by molar-refractivity contribution is -0.143. The second kappa shape index (κ2) is 6.68. The molecule has 0 rings (SSSR count). The standard InChI is InChI=1S/C12H23NO4Si/c1-8(2)7-10(13-11(15)9(3)14)12(16)17-18(4,5)6/h8,10H,7H2,1-6H3,(H,13,15). The number of carbonyl (C=O) groups excluding carboxylic acids is 3. The van der Waals surface area contributed by atoms with Gasteiger partial charge in [0.1, 0.15) is 6.04 Å². The van der Waals surface area contributed by atoms with Crippen molar-refractivity contribution in [2.24, 2.45) is 5.92 Å². The third kappa shape index (κ3) is 7.21. The molecule has 0 spiro atoms. The quantitative estimate of drug-likeness (QED) is 0.588. The number of carbonyl (C=O) groups is 3. The van der Waals surface area contributed by atoms with E-state index in [-0.39, 0.29) is 5.92 Å². The monoisotopic (exact) mass is 273 g/mol. The summed E-state index contributed by atoms with van der Waals surface area (Å²) >= 11 is 0. The van der Waals surface area contributed by atoms with E-state index in [0.29, 0.717) is 6.42 Å². The van der Waals surface area contributed by atoms with Crippen LogP contribution in [-0.2, 0) is 18.8 Å². The van der Waals surface area contributed by atoms with Crippen LogP contribution in [0.15, 0.2) is 0 Å². The Bertz CT molecular complexity index is 333. The van der Waals surface area contributed by atoms with Crippen molar-refractivity contribution in [3.8, 4) is 0 Å². The summed E-state index contributed by atoms with van der Waals surface area (Å²) in [5, 5.41) is 2.43. The maximum atomic E-state index is 11.9. The minimum absolute atomic E-state index is 0.219. The minimum atomic E-state index is -2.00. The van der Waals surface area contributed by atoms with Crippen LogP contribution in [0, 0.1) is 5.92 Å². The molecule has 5 nitrogen and oxygen atoms in total. The summed E-state index contributed by atoms with van der Waals surface area (Å²) in [7, 11) is -2.00. The molecule has 0 aromatic rings. The SMILES string of the molecule is CC(=O)C(=O)NC(CC(C)C)C(=O)O[Si](C)(C)C. The van der Waals surface area contributed by atoms with Crippen molar-refractivity contribution in [3.63, 3.8) is 0 Å². The second-order valence-corrected chi connectivity index (χ2v) is 10.2. The molecule has 0 aromatic heterocycles. The first kappa shape index (κ1) is 16.8. The lowest BCUT2D eigenvalue weighted by Gasteiger charge is -2.24. The Morgan fingerprint density at radius 1 is 1.17 bits per heavy atom. The highest BCUT2D eigenvalue weighted by Crippen LogP contribution is 2.10. The van der Waals surface area contributed by atoms with Crippen LogP contribution in [0.25, 0.3) is 0 Å². The fourth-order valence-corrected chi connectivity index (χ4v) is 2.06. The van der Waals surface area contributed by atoms with Crippen molar-refractivity contribution in [1.82, 2.24) is 5.32 Å². The van der Waals surface area contributed by atoms with Crippen molar-refractivity contribution < 1.29 is 18.8 Å². The predicted molar refractivity (Wildman–Crippen MR) is 71.5 cm³/mol. The van der Waals surface area contributed by atoms with E-state index in [0.717, 1.165) is 0 Å². The van der Waals surface area contributed by atoms with E-state index in [2.05, 4.69) is 5.32 Å². The number of nitrogens with one attached hydrogen (secondary N) is 1. The van der Waals surface area contributed by atoms with Crippen LogP contribution < -0.4 is 5.32 Å². The number of hydrogen-bond acceptors (Lipinski definition) is 4. The Morgan fingerprint density at radius 3 is 2.00 bits per heavy atom. The number of hydrogen-bond donors (Lipinski definition) is 1. The van der Waals surface area contributed by atoms with Gasteiger partial charge in [-0.05, 0) is 32.0 Å². The van der Waals surface area contributed by atoms with Crippen LogP contribution in [0.2, 0.25) is 19.6 Å². The van der Waals surface area contributed by atoms with Gasteiger partial charge in [0.15, 0.2) is 0 Å². The summed E-state index contributed by atoms with van der Waals surface area (Å²) in [6, 6.07) is -0.742. The normalized spacial score (nSPS) is 13.1. The van der Waals surface area contributed by atoms with Gasteiger partial charge in [-0.2, -0.15) is 0 Å². The van der Waals surface area contributed by atoms with Gasteiger partial charge in [-0.25, -0.2) is 0 Å². The fourth-order valence-electron chi connectivity index (χ4n) is 1.32. The third-order valence-corrected chi connectivity index (χ3v) is 2.84. The Kier molecular flexibility index (Phi) is 6.24. The molecule has 1 N–H and O–H groups in total. The van der Waals surface area contributed by atoms with Gasteiger partial charge in [0.2, 0.25) is 14.1 Å². The number of Topliss-reactive ketones (excluding diaryl/α,β-unsaturated/α-hetero) is 1. The van der Waals surface area contributed by atoms with Gasteiger partial charge in [-0.3, -0.25) is 14.4 Å². The van der Waals surface area contributed by atoms with Crippen molar-refractivity contribution in [2.45, 2.75) is 52.9 Å². The summed E-state index contributed by atoms with van der Waals surface area (Å²) in [5.41, 5.74) is 0. The Balaban J connectivity index is 4.72. The highest BCUT2D eigenvalue weighted by atomic mass is 28.4. The summed E-state index contributed by atoms with van der Waals surface area (Å²) in [4.78, 5) is 34.2. The molecule has 1 unspecified atom stereocenters. The Labute approximate surface area is 109 Å². The summed E-state index contributed by atoms with van der Waals surface area (Å²) < 4.78 is 5.36. The highest BCUT2D eigenvalue weighted by Gasteiger charge is 2.29. The van der Waals surface area contributed by atoms with Crippen LogP contribution in [-0.4, -0.2) is 32.0 Å². The maximum Gasteiger partial charge on any atom is 0.315 e. The molecular formula is C12H23NO4Si. The molecule has 0 saturated carbocycles. The molecule has 0 aliphatic carbocycles. The van der Waals surface area contributed by atoms with Gasteiger partial charge in [0.05, 0.1) is 0 Å². The fraction of sp³-hybridized carbons (Fsp3) is 0.750. The summed E-state index contributed by atoms with van der Waals surface area (Å²) in [6.45, 7) is 10.7. The molecule has 0 aliphatic heterocycles. The van der Waals surface area contributed by atoms with Crippen molar-refractivity contribution in [1.29, 1.82) is 0 Å². The largest absolute Gasteiger partial charge is 0.518 e. The van der Waals surface area contributed by atoms with Gasteiger partial charge in [-0.1, -0.05) is 13.8 Å².